The van der Waals surface area contributed by atoms with Crippen LogP contribution in [0, 0.1) is 160 Å². The molecule has 0 aliphatic rings. The summed E-state index contributed by atoms with van der Waals surface area (Å²) in [6, 6.07) is 50.8. The molecular weight excluding hydrogens is 2170 g/mol. The van der Waals surface area contributed by atoms with Crippen LogP contribution in [-0.4, -0.2) is 191 Å². The minimum Gasteiger partial charge on any atom is -0.870 e. The summed E-state index contributed by atoms with van der Waals surface area (Å²) < 4.78 is 19.4. The van der Waals surface area contributed by atoms with Crippen LogP contribution in [0.2, 0.25) is 0 Å². The largest absolute Gasteiger partial charge is 3.00 e. The minimum absolute atomic E-state index is 0. The van der Waals surface area contributed by atoms with Crippen LogP contribution in [0.1, 0.15) is 91.4 Å². The van der Waals surface area contributed by atoms with Gasteiger partial charge in [-0.2, -0.15) is 40.8 Å². The van der Waals surface area contributed by atoms with Crippen LogP contribution in [0.3, 0.4) is 0 Å². The standard InChI is InChI=1S/4C11H13N3O4.4C7H6O2.2CH4O.4Gd.4H2O/c4*1-7(14-17)11(16)13-12-6-8-4-3-5-9(18-2)10(8)15;4*8-7(9)6-4-2-1-3-5-6;2*1-2;;;;;;;;/h4*3-6,15,17H,1-2H3,(H,13,16);4*1-5H,(H,8,9);2*2H,1H3;;;;;4*1H2/q;;;;;;;;;;4*+3;;;;/p-12/b4*12-6+,14-7+;;;;;;;;;;;;;;. The molecule has 0 unspecified atom stereocenters. The van der Waals surface area contributed by atoms with E-state index in [4.69, 9.17) is 50.0 Å². The van der Waals surface area contributed by atoms with Gasteiger partial charge in [-0.3, -0.25) is 0 Å². The molecule has 42 nitrogen and oxygen atoms in total. The Balaban J connectivity index is -0.000000144. The van der Waals surface area contributed by atoms with Gasteiger partial charge in [0, 0.05) is 37.8 Å². The van der Waals surface area contributed by atoms with Crippen LogP contribution in [-0.2, 0) is 0 Å². The number of ether oxygens (including phenoxy) is 4. The van der Waals surface area contributed by atoms with Gasteiger partial charge in [-0.15, -0.1) is 0 Å². The molecule has 14 N–H and O–H groups in total. The number of hydrogen-bond donors (Lipinski definition) is 6. The number of carboxylic acids is 4. The predicted molar refractivity (Wildman–Crippen MR) is 403 cm³/mol. The number of benzene rings is 8. The van der Waals surface area contributed by atoms with Crippen LogP contribution in [0.4, 0.5) is 0 Å². The zero-order valence-electron chi connectivity index (χ0n) is 64.4. The predicted octanol–water partition coefficient (Wildman–Crippen LogP) is -5.04. The number of nitrogens with zero attached hydrogens (tertiary/aromatic N) is 12. The molecule has 0 bridgehead atoms. The van der Waals surface area contributed by atoms with Crippen molar-refractivity contribution < 1.29 is 312 Å². The van der Waals surface area contributed by atoms with Crippen molar-refractivity contribution in [2.45, 2.75) is 27.7 Å². The molecule has 0 atom stereocenters. The summed E-state index contributed by atoms with van der Waals surface area (Å²) in [7, 11) is 7.53. The summed E-state index contributed by atoms with van der Waals surface area (Å²) in [6.07, 6.45) is 4.53. The molecule has 0 aliphatic carbocycles. The van der Waals surface area contributed by atoms with Gasteiger partial charge in [0.05, 0.1) is 100 Å². The molecule has 0 saturated carbocycles. The van der Waals surface area contributed by atoms with Crippen molar-refractivity contribution in [1.29, 1.82) is 0 Å². The van der Waals surface area contributed by atoms with Crippen molar-refractivity contribution in [3.63, 3.8) is 0 Å². The van der Waals surface area contributed by atoms with E-state index in [-0.39, 0.29) is 295 Å². The van der Waals surface area contributed by atoms with E-state index in [1.165, 1.54) is 153 Å². The average Bonchev–Trinajstić information content (AvgIpc) is 0.876. The molecule has 0 fully saturated rings. The fourth-order valence-electron chi connectivity index (χ4n) is 6.51. The maximum atomic E-state index is 11.7. The Morgan fingerprint density at radius 1 is 0.275 bits per heavy atom. The molecular formula is C74H80Gd4N12O30. The first-order valence-electron chi connectivity index (χ1n) is 30.8. The molecule has 0 heterocycles. The first-order valence-corrected chi connectivity index (χ1v) is 30.8. The van der Waals surface area contributed by atoms with Crippen molar-refractivity contribution in [2.75, 3.05) is 42.7 Å². The summed E-state index contributed by atoms with van der Waals surface area (Å²) in [6.45, 7) is 5.13. The van der Waals surface area contributed by atoms with E-state index >= 15 is 0 Å². The Morgan fingerprint density at radius 2 is 0.425 bits per heavy atom. The van der Waals surface area contributed by atoms with Gasteiger partial charge in [0.15, 0.2) is 0 Å². The number of carboxylic acid groups (broad SMARTS) is 4. The van der Waals surface area contributed by atoms with E-state index in [9.17, 15) is 80.5 Å². The molecule has 0 saturated heterocycles. The number of rotatable bonds is 20. The van der Waals surface area contributed by atoms with Crippen LogP contribution in [0.5, 0.6) is 46.0 Å². The Labute approximate surface area is 814 Å². The molecule has 8 aromatic rings. The van der Waals surface area contributed by atoms with E-state index < -0.39 is 47.5 Å². The number of carbonyl (C=O) groups excluding carboxylic acids is 4. The van der Waals surface area contributed by atoms with E-state index in [0.717, 1.165) is 39.1 Å². The molecule has 120 heavy (non-hydrogen) atoms. The Morgan fingerprint density at radius 3 is 0.542 bits per heavy atom. The second-order valence-corrected chi connectivity index (χ2v) is 19.5. The summed E-state index contributed by atoms with van der Waals surface area (Å²) in [5, 5.41) is 216. The van der Waals surface area contributed by atoms with Gasteiger partial charge in [-0.05, 0) is 96.5 Å². The number of hydrogen-bond acceptors (Lipinski definition) is 38. The zero-order valence-corrected chi connectivity index (χ0v) is 73.5. The van der Waals surface area contributed by atoms with Gasteiger partial charge in [0.1, 0.15) is 23.0 Å². The summed E-state index contributed by atoms with van der Waals surface area (Å²) in [5.74, 6) is -8.34. The first-order chi connectivity index (χ1) is 53.6. The van der Waals surface area contributed by atoms with E-state index in [0.29, 0.717) is 0 Å². The van der Waals surface area contributed by atoms with Gasteiger partial charge >= 0.3 is 160 Å². The van der Waals surface area contributed by atoms with Crippen LogP contribution >= 0.6 is 0 Å². The third kappa shape index (κ3) is 54.6. The number of aliphatic hydroxyl groups excluding tert-OH is 2. The summed E-state index contributed by atoms with van der Waals surface area (Å²) in [4.78, 5) is 40.4. The number of para-hydroxylation sites is 4. The molecule has 8 rings (SSSR count). The molecule has 0 spiro atoms. The zero-order chi connectivity index (χ0) is 84.9. The van der Waals surface area contributed by atoms with Crippen LogP contribution in [0.25, 0.3) is 0 Å². The number of oxime groups is 4. The Hall–Kier alpha value is -10.5. The van der Waals surface area contributed by atoms with Crippen LogP contribution in [0.15, 0.2) is 256 Å². The van der Waals surface area contributed by atoms with Gasteiger partial charge in [0.2, 0.25) is 0 Å². The second-order valence-electron chi connectivity index (χ2n) is 19.5. The molecule has 0 aromatic heterocycles. The molecule has 46 heteroatoms. The first kappa shape index (κ1) is 130. The smallest absolute Gasteiger partial charge is 0.870 e. The van der Waals surface area contributed by atoms with Crippen molar-refractivity contribution in [3.8, 4) is 46.0 Å². The molecule has 8 aromatic carbocycles. The molecule has 648 valence electrons. The van der Waals surface area contributed by atoms with Gasteiger partial charge in [0.25, 0.3) is 0 Å². The molecule has 4 radical (unpaired) electrons. The second kappa shape index (κ2) is 79.6. The summed E-state index contributed by atoms with van der Waals surface area (Å²) >= 11 is 0. The van der Waals surface area contributed by atoms with Gasteiger partial charge in [-0.1, -0.05) is 213 Å². The SMILES string of the molecule is CO.CO.COc1cccc(/C=N/N=C([O-])/C(C)=N/O)c1[O-].COc1cccc(/C=N/N=C([O-])/C(C)=N/O)c1[O-].COc1cccc(/C=N/N=C([O-])/C(C)=N/O)c1[O-].COc1cccc(/C=N/N=C([O-])/C(C)=N/O)c1[O-].O.O.O.O.O=C([O-])c1ccccc1.O=C([O-])c1ccccc1.O=C([O-])c1ccccc1.O=C([O-])c1ccccc1.[Gd+3].[Gd+3].[Gd+3].[Gd+3]. The minimum atomic E-state index is -1.13. The monoisotopic (exact) mass is 2250 g/mol. The van der Waals surface area contributed by atoms with Crippen molar-refractivity contribution in [1.82, 2.24) is 0 Å². The third-order valence-electron chi connectivity index (χ3n) is 12.2. The normalized spacial score (nSPS) is 10.6. The van der Waals surface area contributed by atoms with Gasteiger partial charge in [-0.25, -0.2) is 0 Å². The Bertz CT molecular complexity index is 4000. The molecule has 0 aliphatic heterocycles. The van der Waals surface area contributed by atoms with Crippen molar-refractivity contribution >= 4 is 95.2 Å². The Kier molecular flexibility index (Phi) is 86.4. The van der Waals surface area contributed by atoms with Gasteiger partial charge < -0.3 is 152 Å². The van der Waals surface area contributed by atoms with E-state index in [1.807, 2.05) is 0 Å². The molecule has 0 amide bonds. The van der Waals surface area contributed by atoms with E-state index in [1.54, 1.807) is 97.1 Å². The topological polar surface area (TPSA) is 778 Å². The van der Waals surface area contributed by atoms with E-state index in [2.05, 4.69) is 61.4 Å². The number of methoxy groups -OCH3 is 4. The fourth-order valence-corrected chi connectivity index (χ4v) is 6.51. The number of carbonyl (C=O) groups is 4. The maximum absolute atomic E-state index is 11.7. The third-order valence-corrected chi connectivity index (χ3v) is 12.2. The number of aromatic carboxylic acids is 4. The quantitative estimate of drug-likeness (QED) is 0.0180. The fraction of sp³-hybridized carbons (Fsp3) is 0.135. The van der Waals surface area contributed by atoms with Crippen LogP contribution < -0.4 is 80.2 Å². The number of aliphatic hydroxyl groups is 2. The van der Waals surface area contributed by atoms with Crippen molar-refractivity contribution in [2.24, 2.45) is 61.4 Å². The van der Waals surface area contributed by atoms with Crippen molar-refractivity contribution in [3.05, 3.63) is 239 Å². The summed E-state index contributed by atoms with van der Waals surface area (Å²) in [5.41, 5.74) is 1.06. The maximum Gasteiger partial charge on any atom is 3.00 e. The average molecular weight is 2250 g/mol.